The van der Waals surface area contributed by atoms with Crippen LogP contribution in [0.1, 0.15) is 48.5 Å². The molecule has 0 saturated carbocycles. The van der Waals surface area contributed by atoms with Crippen LogP contribution in [0.5, 0.6) is 0 Å². The number of hydrogen-bond donors (Lipinski definition) is 0. The molecule has 61 heavy (non-hydrogen) atoms. The standard InChI is InChI=1S/C20H29BrNO7PS.C20H31BrNO6PS/c1-12(2)16-13(3)22(4)30(28-16)29-18-17-19(27-20(18,10-25-5)11-26-17)31(23,24)15-8-6-14(21)7-9-15;1-12(2)18-14(4)22(5)29(27-18)28-19-13(3)20(26-17(19)11-25-6)30(23,24)16-9-7-15(21)8-10-16/h6-9,12-13,16-19H,10-11H2,1-5H3;7-10,12-14,17-20H,11H2,1-6H3/t13?,16?,17?,18-,19+,20+,30?;13?,14?,17-,18?,19-,20+,29?/m11/s1. The van der Waals surface area contributed by atoms with Crippen LogP contribution in [0.4, 0.5) is 0 Å². The van der Waals surface area contributed by atoms with E-state index in [1.807, 2.05) is 21.0 Å². The SMILES string of the molecule is COC[C@H]1O[C@@H](S(=O)(=O)c2ccc(Br)cc2)C(C)[C@H]1OP1OC(C(C)C)C(C)N1C.COC[C@]12COC([C@H]1OP1OC(C(C)C)C(C)N1C)[C@H](S(=O)(=O)c1ccc(Br)cc1)O2. The van der Waals surface area contributed by atoms with E-state index in [1.165, 1.54) is 0 Å². The van der Waals surface area contributed by atoms with Crippen LogP contribution in [0.3, 0.4) is 0 Å². The molecule has 2 aromatic carbocycles. The van der Waals surface area contributed by atoms with Gasteiger partial charge in [-0.15, -0.1) is 0 Å². The second kappa shape index (κ2) is 20.3. The molecule has 0 amide bonds. The Kier molecular flexibility index (Phi) is 16.7. The van der Waals surface area contributed by atoms with Gasteiger partial charge in [0, 0.05) is 41.2 Å². The molecule has 14 atom stereocenters. The molecule has 5 saturated heterocycles. The summed E-state index contributed by atoms with van der Waals surface area (Å²) in [7, 11) is -3.11. The molecule has 15 nitrogen and oxygen atoms in total. The zero-order valence-corrected chi connectivity index (χ0v) is 43.0. The third-order valence-corrected chi connectivity index (χ3v) is 20.5. The second-order valence-electron chi connectivity index (χ2n) is 16.9. The molecule has 21 heteroatoms. The Labute approximate surface area is 381 Å². The van der Waals surface area contributed by atoms with Crippen molar-refractivity contribution in [1.29, 1.82) is 0 Å². The maximum absolute atomic E-state index is 13.4. The Morgan fingerprint density at radius 2 is 1.23 bits per heavy atom. The summed E-state index contributed by atoms with van der Waals surface area (Å²) in [6.07, 6.45) is -2.22. The first-order valence-electron chi connectivity index (χ1n) is 20.3. The highest BCUT2D eigenvalue weighted by Crippen LogP contribution is 2.58. The average molecular weight is 1060 g/mol. The molecule has 344 valence electrons. The zero-order valence-electron chi connectivity index (χ0n) is 36.4. The molecule has 0 radical (unpaired) electrons. The van der Waals surface area contributed by atoms with Gasteiger partial charge in [-0.05, 0) is 88.3 Å². The Bertz CT molecular complexity index is 2010. The van der Waals surface area contributed by atoms with E-state index in [-0.39, 0.29) is 59.8 Å². The van der Waals surface area contributed by atoms with Gasteiger partial charge in [0.05, 0.1) is 41.8 Å². The minimum atomic E-state index is -3.81. The fourth-order valence-electron chi connectivity index (χ4n) is 8.34. The third kappa shape index (κ3) is 10.2. The molecule has 2 aromatic rings. The van der Waals surface area contributed by atoms with Crippen LogP contribution in [-0.2, 0) is 61.5 Å². The molecular weight excluding hydrogens is 1000 g/mol. The highest BCUT2D eigenvalue weighted by molar-refractivity contribution is 9.10. The summed E-state index contributed by atoms with van der Waals surface area (Å²) in [5.41, 5.74) is -3.19. The quantitative estimate of drug-likeness (QED) is 0.171. The van der Waals surface area contributed by atoms with Crippen LogP contribution in [0.15, 0.2) is 67.3 Å². The summed E-state index contributed by atoms with van der Waals surface area (Å²) in [5, 5.41) is 0. The van der Waals surface area contributed by atoms with Gasteiger partial charge >= 0.3 is 0 Å². The molecule has 2 bridgehead atoms. The molecule has 0 aliphatic carbocycles. The zero-order chi connectivity index (χ0) is 44.8. The van der Waals surface area contributed by atoms with Gasteiger partial charge in [0.25, 0.3) is 17.1 Å². The van der Waals surface area contributed by atoms with Gasteiger partial charge in [-0.25, -0.2) is 26.2 Å². The van der Waals surface area contributed by atoms with E-state index in [0.29, 0.717) is 11.8 Å². The van der Waals surface area contributed by atoms with E-state index in [2.05, 4.69) is 82.7 Å². The molecule has 8 unspecified atom stereocenters. The van der Waals surface area contributed by atoms with Crippen molar-refractivity contribution in [2.45, 2.75) is 123 Å². The van der Waals surface area contributed by atoms with Crippen molar-refractivity contribution in [3.05, 3.63) is 57.5 Å². The predicted octanol–water partition coefficient (Wildman–Crippen LogP) is 7.57. The van der Waals surface area contributed by atoms with Crippen LogP contribution in [0.25, 0.3) is 0 Å². The lowest BCUT2D eigenvalue weighted by atomic mass is 10.0. The van der Waals surface area contributed by atoms with Crippen LogP contribution in [0.2, 0.25) is 0 Å². The van der Waals surface area contributed by atoms with Crippen molar-refractivity contribution < 1.29 is 58.6 Å². The average Bonchev–Trinajstić information content (AvgIpc) is 3.97. The summed E-state index contributed by atoms with van der Waals surface area (Å²) < 4.78 is 113. The minimum absolute atomic E-state index is 0.0395. The summed E-state index contributed by atoms with van der Waals surface area (Å²) >= 11 is 6.68. The molecular formula is C40H60Br2N2O13P2S2. The Morgan fingerprint density at radius 3 is 1.67 bits per heavy atom. The lowest BCUT2D eigenvalue weighted by Crippen LogP contribution is -2.46. The number of nitrogens with zero attached hydrogens (tertiary/aromatic N) is 2. The number of rotatable bonds is 14. The van der Waals surface area contributed by atoms with Gasteiger partial charge in [0.15, 0.2) is 10.9 Å². The smallest absolute Gasteiger partial charge is 0.259 e. The maximum atomic E-state index is 13.4. The highest BCUT2D eigenvalue weighted by atomic mass is 79.9. The second-order valence-corrected chi connectivity index (χ2v) is 25.9. The third-order valence-electron chi connectivity index (χ3n) is 12.0. The van der Waals surface area contributed by atoms with Crippen molar-refractivity contribution >= 4 is 68.6 Å². The minimum Gasteiger partial charge on any atom is -0.382 e. The highest BCUT2D eigenvalue weighted by Gasteiger charge is 2.67. The summed E-state index contributed by atoms with van der Waals surface area (Å²) in [4.78, 5) is 0.407. The van der Waals surface area contributed by atoms with Gasteiger partial charge < -0.3 is 41.8 Å². The monoisotopic (exact) mass is 1060 g/mol. The molecule has 7 rings (SSSR count). The maximum Gasteiger partial charge on any atom is 0.259 e. The van der Waals surface area contributed by atoms with Crippen LogP contribution in [-0.4, -0.2) is 139 Å². The van der Waals surface area contributed by atoms with E-state index in [9.17, 15) is 16.8 Å². The van der Waals surface area contributed by atoms with E-state index in [0.717, 1.165) is 8.95 Å². The summed E-state index contributed by atoms with van der Waals surface area (Å²) in [6, 6.07) is 13.5. The number of sulfone groups is 2. The Morgan fingerprint density at radius 1 is 0.754 bits per heavy atom. The largest absolute Gasteiger partial charge is 0.382 e. The number of ether oxygens (including phenoxy) is 5. The van der Waals surface area contributed by atoms with Crippen LogP contribution >= 0.6 is 48.9 Å². The first-order chi connectivity index (χ1) is 28.7. The summed E-state index contributed by atoms with van der Waals surface area (Å²) in [6.45, 7) is 15.2. The van der Waals surface area contributed by atoms with Gasteiger partial charge in [0.2, 0.25) is 19.7 Å². The number of halogens is 2. The molecule has 0 aromatic heterocycles. The van der Waals surface area contributed by atoms with E-state index < -0.39 is 77.6 Å². The van der Waals surface area contributed by atoms with Crippen LogP contribution in [0, 0.1) is 17.8 Å². The fourth-order valence-corrected chi connectivity index (χ4v) is 16.2. The van der Waals surface area contributed by atoms with Crippen molar-refractivity contribution in [2.24, 2.45) is 17.8 Å². The van der Waals surface area contributed by atoms with Gasteiger partial charge in [-0.2, -0.15) is 0 Å². The predicted molar refractivity (Wildman–Crippen MR) is 239 cm³/mol. The number of likely N-dealkylation sites (N-methyl/N-ethyl adjacent to an activating group) is 2. The summed E-state index contributed by atoms with van der Waals surface area (Å²) in [5.74, 6) is 0.308. The van der Waals surface area contributed by atoms with Crippen molar-refractivity contribution in [3.63, 3.8) is 0 Å². The Hall–Kier alpha value is -0.280. The lowest BCUT2D eigenvalue weighted by molar-refractivity contribution is -0.140. The molecule has 5 heterocycles. The van der Waals surface area contributed by atoms with Crippen LogP contribution < -0.4 is 0 Å². The van der Waals surface area contributed by atoms with Gasteiger partial charge in [-0.1, -0.05) is 66.5 Å². The van der Waals surface area contributed by atoms with Crippen molar-refractivity contribution in [2.75, 3.05) is 48.1 Å². The number of hydrogen-bond acceptors (Lipinski definition) is 15. The number of fused-ring (bicyclic) bond motifs is 2. The van der Waals surface area contributed by atoms with Crippen molar-refractivity contribution in [1.82, 2.24) is 9.34 Å². The normalized spacial score (nSPS) is 36.9. The lowest BCUT2D eigenvalue weighted by Gasteiger charge is -2.31. The number of benzene rings is 2. The fraction of sp³-hybridized carbons (Fsp3) is 0.700. The molecule has 5 aliphatic rings. The molecule has 0 N–H and O–H groups in total. The molecule has 0 spiro atoms. The van der Waals surface area contributed by atoms with E-state index in [1.54, 1.807) is 62.8 Å². The topological polar surface area (TPSA) is 158 Å². The first kappa shape index (κ1) is 50.1. The van der Waals surface area contributed by atoms with E-state index >= 15 is 0 Å². The molecule has 5 fully saturated rings. The Balaban J connectivity index is 0.000000204. The number of methoxy groups -OCH3 is 2. The first-order valence-corrected chi connectivity index (χ1v) is 27.3. The van der Waals surface area contributed by atoms with E-state index in [4.69, 9.17) is 41.8 Å². The van der Waals surface area contributed by atoms with Crippen molar-refractivity contribution in [3.8, 4) is 0 Å². The van der Waals surface area contributed by atoms with Gasteiger partial charge in [0.1, 0.15) is 30.0 Å². The van der Waals surface area contributed by atoms with Gasteiger partial charge in [-0.3, -0.25) is 0 Å². The molecule has 5 aliphatic heterocycles.